The number of carboxylic acid groups (broad SMARTS) is 1. The van der Waals surface area contributed by atoms with E-state index in [0.717, 1.165) is 5.56 Å². The molecule has 0 unspecified atom stereocenters. The number of carbonyl (C=O) groups is 2. The molecular formula is C18H24N2O5S. The second kappa shape index (κ2) is 7.26. The van der Waals surface area contributed by atoms with E-state index in [1.807, 2.05) is 0 Å². The SMILES string of the molecule is Cc1cc(N2CCCS2(=O)=O)ccc1C(=O)NC1CCC(C(=O)O)CC1. The van der Waals surface area contributed by atoms with Crippen LogP contribution >= 0.6 is 0 Å². The van der Waals surface area contributed by atoms with E-state index in [2.05, 4.69) is 5.32 Å². The fourth-order valence-electron chi connectivity index (χ4n) is 3.74. The van der Waals surface area contributed by atoms with E-state index in [0.29, 0.717) is 49.9 Å². The summed E-state index contributed by atoms with van der Waals surface area (Å²) in [6.07, 6.45) is 3.08. The molecule has 1 aromatic rings. The van der Waals surface area contributed by atoms with E-state index in [1.165, 1.54) is 4.31 Å². The lowest BCUT2D eigenvalue weighted by atomic mass is 9.86. The molecule has 1 amide bonds. The minimum Gasteiger partial charge on any atom is -0.481 e. The summed E-state index contributed by atoms with van der Waals surface area (Å²) in [5.41, 5.74) is 1.84. The molecule has 1 heterocycles. The van der Waals surface area contributed by atoms with E-state index in [9.17, 15) is 18.0 Å². The zero-order valence-electron chi connectivity index (χ0n) is 14.8. The van der Waals surface area contributed by atoms with Gasteiger partial charge in [-0.1, -0.05) is 0 Å². The van der Waals surface area contributed by atoms with Crippen LogP contribution in [-0.4, -0.2) is 43.7 Å². The number of anilines is 1. The Balaban J connectivity index is 1.66. The van der Waals surface area contributed by atoms with Crippen LogP contribution in [0, 0.1) is 12.8 Å². The lowest BCUT2D eigenvalue weighted by Gasteiger charge is -2.27. The number of nitrogens with zero attached hydrogens (tertiary/aromatic N) is 1. The maximum atomic E-state index is 12.5. The first-order chi connectivity index (χ1) is 12.3. The summed E-state index contributed by atoms with van der Waals surface area (Å²) in [5, 5.41) is 12.0. The van der Waals surface area contributed by atoms with Gasteiger partial charge >= 0.3 is 5.97 Å². The molecule has 26 heavy (non-hydrogen) atoms. The van der Waals surface area contributed by atoms with Gasteiger partial charge in [0.05, 0.1) is 17.4 Å². The fourth-order valence-corrected chi connectivity index (χ4v) is 5.29. The van der Waals surface area contributed by atoms with Crippen molar-refractivity contribution in [2.24, 2.45) is 5.92 Å². The summed E-state index contributed by atoms with van der Waals surface area (Å²) in [5.74, 6) is -1.12. The maximum absolute atomic E-state index is 12.5. The van der Waals surface area contributed by atoms with Crippen LogP contribution in [0.1, 0.15) is 48.0 Å². The largest absolute Gasteiger partial charge is 0.481 e. The summed E-state index contributed by atoms with van der Waals surface area (Å²) in [4.78, 5) is 23.6. The van der Waals surface area contributed by atoms with Gasteiger partial charge in [-0.15, -0.1) is 0 Å². The molecule has 0 aromatic heterocycles. The van der Waals surface area contributed by atoms with Gasteiger partial charge in [0.1, 0.15) is 0 Å². The highest BCUT2D eigenvalue weighted by Gasteiger charge is 2.29. The van der Waals surface area contributed by atoms with Gasteiger partial charge in [-0.05, 0) is 62.8 Å². The Labute approximate surface area is 153 Å². The third-order valence-corrected chi connectivity index (χ3v) is 7.12. The third-order valence-electron chi connectivity index (χ3n) is 5.25. The number of rotatable bonds is 4. The van der Waals surface area contributed by atoms with E-state index < -0.39 is 16.0 Å². The fraction of sp³-hybridized carbons (Fsp3) is 0.556. The number of amides is 1. The molecule has 1 aliphatic heterocycles. The van der Waals surface area contributed by atoms with E-state index >= 15 is 0 Å². The van der Waals surface area contributed by atoms with Crippen molar-refractivity contribution in [1.82, 2.24) is 5.32 Å². The first kappa shape index (κ1) is 18.7. The number of carbonyl (C=O) groups excluding carboxylic acids is 1. The summed E-state index contributed by atoms with van der Waals surface area (Å²) >= 11 is 0. The van der Waals surface area contributed by atoms with Crippen LogP contribution in [-0.2, 0) is 14.8 Å². The first-order valence-electron chi connectivity index (χ1n) is 8.92. The van der Waals surface area contributed by atoms with Crippen molar-refractivity contribution in [1.29, 1.82) is 0 Å². The molecule has 3 rings (SSSR count). The maximum Gasteiger partial charge on any atom is 0.306 e. The molecule has 1 aliphatic carbocycles. The van der Waals surface area contributed by atoms with Crippen molar-refractivity contribution >= 4 is 27.6 Å². The van der Waals surface area contributed by atoms with Crippen LogP contribution in [0.25, 0.3) is 0 Å². The van der Waals surface area contributed by atoms with Crippen LogP contribution in [0.5, 0.6) is 0 Å². The Morgan fingerprint density at radius 1 is 1.19 bits per heavy atom. The van der Waals surface area contributed by atoms with Crippen LogP contribution in [0.2, 0.25) is 0 Å². The molecular weight excluding hydrogens is 356 g/mol. The Morgan fingerprint density at radius 2 is 1.88 bits per heavy atom. The molecule has 0 radical (unpaired) electrons. The standard InChI is InChI=1S/C18H24N2O5S/c1-12-11-15(20-9-2-10-26(20,24)25)7-8-16(12)17(21)19-14-5-3-13(4-6-14)18(22)23/h7-8,11,13-14H,2-6,9-10H2,1H3,(H,19,21)(H,22,23). The quantitative estimate of drug-likeness (QED) is 0.830. The second-order valence-corrected chi connectivity index (χ2v) is 9.11. The summed E-state index contributed by atoms with van der Waals surface area (Å²) < 4.78 is 25.5. The topological polar surface area (TPSA) is 104 Å². The van der Waals surface area contributed by atoms with Gasteiger partial charge in [0, 0.05) is 18.2 Å². The summed E-state index contributed by atoms with van der Waals surface area (Å²) in [6.45, 7) is 2.27. The van der Waals surface area contributed by atoms with E-state index in [1.54, 1.807) is 25.1 Å². The average Bonchev–Trinajstić information content (AvgIpc) is 2.94. The molecule has 1 saturated carbocycles. The predicted octanol–water partition coefficient (Wildman–Crippen LogP) is 1.91. The second-order valence-electron chi connectivity index (χ2n) is 7.10. The summed E-state index contributed by atoms with van der Waals surface area (Å²) in [7, 11) is -3.24. The predicted molar refractivity (Wildman–Crippen MR) is 97.8 cm³/mol. The summed E-state index contributed by atoms with van der Waals surface area (Å²) in [6, 6.07) is 5.05. The molecule has 0 atom stereocenters. The number of carboxylic acids is 1. The van der Waals surface area contributed by atoms with Gasteiger partial charge in [-0.25, -0.2) is 8.42 Å². The first-order valence-corrected chi connectivity index (χ1v) is 10.5. The van der Waals surface area contributed by atoms with Gasteiger partial charge in [0.25, 0.3) is 5.91 Å². The van der Waals surface area contributed by atoms with Crippen LogP contribution in [0.3, 0.4) is 0 Å². The van der Waals surface area contributed by atoms with Crippen molar-refractivity contribution in [2.75, 3.05) is 16.6 Å². The smallest absolute Gasteiger partial charge is 0.306 e. The number of aliphatic carboxylic acids is 1. The number of sulfonamides is 1. The van der Waals surface area contributed by atoms with Crippen LogP contribution in [0.4, 0.5) is 5.69 Å². The third kappa shape index (κ3) is 3.85. The molecule has 2 aliphatic rings. The monoisotopic (exact) mass is 380 g/mol. The minimum atomic E-state index is -3.24. The Morgan fingerprint density at radius 3 is 2.42 bits per heavy atom. The van der Waals surface area contributed by atoms with Crippen molar-refractivity contribution in [2.45, 2.75) is 45.1 Å². The number of hydrogen-bond donors (Lipinski definition) is 2. The molecule has 0 bridgehead atoms. The van der Waals surface area contributed by atoms with Crippen molar-refractivity contribution in [3.8, 4) is 0 Å². The Hall–Kier alpha value is -2.09. The van der Waals surface area contributed by atoms with Crippen molar-refractivity contribution in [3.63, 3.8) is 0 Å². The Kier molecular flexibility index (Phi) is 5.22. The zero-order valence-corrected chi connectivity index (χ0v) is 15.6. The van der Waals surface area contributed by atoms with Crippen LogP contribution < -0.4 is 9.62 Å². The normalized spacial score (nSPS) is 25.0. The van der Waals surface area contributed by atoms with Gasteiger partial charge < -0.3 is 10.4 Å². The molecule has 142 valence electrons. The van der Waals surface area contributed by atoms with Crippen molar-refractivity contribution in [3.05, 3.63) is 29.3 Å². The molecule has 7 nitrogen and oxygen atoms in total. The van der Waals surface area contributed by atoms with Gasteiger partial charge in [-0.2, -0.15) is 0 Å². The van der Waals surface area contributed by atoms with Crippen molar-refractivity contribution < 1.29 is 23.1 Å². The van der Waals surface area contributed by atoms with Gasteiger partial charge in [0.15, 0.2) is 0 Å². The van der Waals surface area contributed by atoms with Crippen LogP contribution in [0.15, 0.2) is 18.2 Å². The lowest BCUT2D eigenvalue weighted by Crippen LogP contribution is -2.39. The minimum absolute atomic E-state index is 0.0175. The highest BCUT2D eigenvalue weighted by atomic mass is 32.2. The number of aryl methyl sites for hydroxylation is 1. The molecule has 2 N–H and O–H groups in total. The molecule has 1 aromatic carbocycles. The molecule has 0 spiro atoms. The number of nitrogens with one attached hydrogen (secondary N) is 1. The Bertz CT molecular complexity index is 813. The highest BCUT2D eigenvalue weighted by molar-refractivity contribution is 7.93. The molecule has 2 fully saturated rings. The average molecular weight is 380 g/mol. The lowest BCUT2D eigenvalue weighted by molar-refractivity contribution is -0.142. The highest BCUT2D eigenvalue weighted by Crippen LogP contribution is 2.27. The van der Waals surface area contributed by atoms with Gasteiger partial charge in [-0.3, -0.25) is 13.9 Å². The van der Waals surface area contributed by atoms with E-state index in [-0.39, 0.29) is 23.6 Å². The van der Waals surface area contributed by atoms with Gasteiger partial charge in [0.2, 0.25) is 10.0 Å². The number of benzene rings is 1. The molecule has 8 heteroatoms. The molecule has 1 saturated heterocycles. The number of hydrogen-bond acceptors (Lipinski definition) is 4. The van der Waals surface area contributed by atoms with E-state index in [4.69, 9.17) is 5.11 Å². The zero-order chi connectivity index (χ0) is 18.9.